The Morgan fingerprint density at radius 3 is 2.30 bits per heavy atom. The Balaban J connectivity index is 2.54. The molecular formula is C13H17F2N3O2. The minimum atomic E-state index is -0.993. The van der Waals surface area contributed by atoms with E-state index in [4.69, 9.17) is 5.73 Å². The largest absolute Gasteiger partial charge is 0.394 e. The summed E-state index contributed by atoms with van der Waals surface area (Å²) < 4.78 is 26.4. The Hall–Kier alpha value is -2.18. The van der Waals surface area contributed by atoms with Crippen molar-refractivity contribution in [3.05, 3.63) is 29.3 Å². The summed E-state index contributed by atoms with van der Waals surface area (Å²) in [4.78, 5) is 23.0. The Bertz CT molecular complexity index is 495. The van der Waals surface area contributed by atoms with Crippen LogP contribution in [0.5, 0.6) is 0 Å². The highest BCUT2D eigenvalue weighted by Gasteiger charge is 2.13. The van der Waals surface area contributed by atoms with E-state index >= 15 is 0 Å². The lowest BCUT2D eigenvalue weighted by Crippen LogP contribution is -2.34. The molecule has 0 bridgehead atoms. The second-order valence-electron chi connectivity index (χ2n) is 4.58. The van der Waals surface area contributed by atoms with Gasteiger partial charge in [0.2, 0.25) is 5.91 Å². The predicted octanol–water partition coefficient (Wildman–Crippen LogP) is 1.19. The molecule has 0 saturated carbocycles. The second-order valence-corrected chi connectivity index (χ2v) is 4.58. The van der Waals surface area contributed by atoms with E-state index in [9.17, 15) is 18.4 Å². The number of anilines is 1. The van der Waals surface area contributed by atoms with Gasteiger partial charge in [0.1, 0.15) is 17.3 Å². The van der Waals surface area contributed by atoms with E-state index in [1.807, 2.05) is 13.8 Å². The smallest absolute Gasteiger partial charge is 0.251 e. The number of nitrogen functional groups attached to an aromatic ring is 1. The van der Waals surface area contributed by atoms with Crippen LogP contribution in [0, 0.1) is 11.6 Å². The number of benzene rings is 1. The summed E-state index contributed by atoms with van der Waals surface area (Å²) in [6.45, 7) is 3.71. The Labute approximate surface area is 115 Å². The maximum atomic E-state index is 13.2. The fraction of sp³-hybridized carbons (Fsp3) is 0.385. The highest BCUT2D eigenvalue weighted by atomic mass is 19.1. The highest BCUT2D eigenvalue weighted by Crippen LogP contribution is 2.17. The van der Waals surface area contributed by atoms with E-state index in [0.717, 1.165) is 12.1 Å². The SMILES string of the molecule is CC(C)NC(=O)CCNC(=O)c1cc(F)c(N)c(F)c1. The van der Waals surface area contributed by atoms with Gasteiger partial charge in [0.25, 0.3) is 5.91 Å². The Morgan fingerprint density at radius 2 is 1.80 bits per heavy atom. The van der Waals surface area contributed by atoms with Crippen molar-refractivity contribution in [2.75, 3.05) is 12.3 Å². The molecule has 20 heavy (non-hydrogen) atoms. The van der Waals surface area contributed by atoms with Crippen LogP contribution in [0.1, 0.15) is 30.6 Å². The summed E-state index contributed by atoms with van der Waals surface area (Å²) in [5, 5.41) is 5.06. The van der Waals surface area contributed by atoms with Crippen LogP contribution in [-0.4, -0.2) is 24.4 Å². The van der Waals surface area contributed by atoms with E-state index in [1.54, 1.807) is 0 Å². The molecule has 4 N–H and O–H groups in total. The minimum Gasteiger partial charge on any atom is -0.394 e. The number of hydrogen-bond donors (Lipinski definition) is 3. The number of nitrogens with one attached hydrogen (secondary N) is 2. The number of carbonyl (C=O) groups excluding carboxylic acids is 2. The summed E-state index contributed by atoms with van der Waals surface area (Å²) >= 11 is 0. The third kappa shape index (κ3) is 4.49. The van der Waals surface area contributed by atoms with Crippen molar-refractivity contribution < 1.29 is 18.4 Å². The van der Waals surface area contributed by atoms with E-state index in [0.29, 0.717) is 0 Å². The standard InChI is InChI=1S/C13H17F2N3O2/c1-7(2)18-11(19)3-4-17-13(20)8-5-9(14)12(16)10(15)6-8/h5-7H,3-4,16H2,1-2H3,(H,17,20)(H,18,19). The first-order valence-corrected chi connectivity index (χ1v) is 6.13. The molecule has 0 aliphatic carbocycles. The van der Waals surface area contributed by atoms with Crippen molar-refractivity contribution >= 4 is 17.5 Å². The first kappa shape index (κ1) is 15.9. The lowest BCUT2D eigenvalue weighted by Gasteiger charge is -2.09. The van der Waals surface area contributed by atoms with Gasteiger partial charge in [-0.25, -0.2) is 8.78 Å². The number of rotatable bonds is 5. The van der Waals surface area contributed by atoms with Crippen molar-refractivity contribution in [3.63, 3.8) is 0 Å². The van der Waals surface area contributed by atoms with Gasteiger partial charge in [-0.3, -0.25) is 9.59 Å². The molecule has 1 aromatic rings. The predicted molar refractivity (Wildman–Crippen MR) is 71.0 cm³/mol. The van der Waals surface area contributed by atoms with Gasteiger partial charge in [0.15, 0.2) is 0 Å². The van der Waals surface area contributed by atoms with Crippen LogP contribution in [0.15, 0.2) is 12.1 Å². The van der Waals surface area contributed by atoms with Gasteiger partial charge < -0.3 is 16.4 Å². The molecule has 0 saturated heterocycles. The van der Waals surface area contributed by atoms with Crippen molar-refractivity contribution in [1.29, 1.82) is 0 Å². The number of amides is 2. The fourth-order valence-electron chi connectivity index (χ4n) is 1.50. The summed E-state index contributed by atoms with van der Waals surface area (Å²) in [5.41, 5.74) is 4.29. The molecule has 0 atom stereocenters. The molecule has 1 aromatic carbocycles. The second kappa shape index (κ2) is 6.83. The molecule has 0 aliphatic rings. The van der Waals surface area contributed by atoms with Crippen molar-refractivity contribution in [3.8, 4) is 0 Å². The summed E-state index contributed by atoms with van der Waals surface area (Å²) in [6, 6.07) is 1.71. The normalized spacial score (nSPS) is 10.4. The first-order valence-electron chi connectivity index (χ1n) is 6.13. The van der Waals surface area contributed by atoms with Gasteiger partial charge in [0, 0.05) is 24.6 Å². The maximum Gasteiger partial charge on any atom is 0.251 e. The molecule has 110 valence electrons. The van der Waals surface area contributed by atoms with E-state index in [1.165, 1.54) is 0 Å². The van der Waals surface area contributed by atoms with Crippen LogP contribution in [-0.2, 0) is 4.79 Å². The minimum absolute atomic E-state index is 0.0125. The van der Waals surface area contributed by atoms with Crippen molar-refractivity contribution in [2.45, 2.75) is 26.3 Å². The topological polar surface area (TPSA) is 84.2 Å². The maximum absolute atomic E-state index is 13.2. The number of nitrogens with two attached hydrogens (primary N) is 1. The molecule has 0 aromatic heterocycles. The first-order chi connectivity index (χ1) is 9.31. The van der Waals surface area contributed by atoms with Gasteiger partial charge in [-0.15, -0.1) is 0 Å². The van der Waals surface area contributed by atoms with Crippen molar-refractivity contribution in [1.82, 2.24) is 10.6 Å². The summed E-state index contributed by atoms with van der Waals surface area (Å²) in [5.74, 6) is -2.87. The van der Waals surface area contributed by atoms with E-state index in [2.05, 4.69) is 10.6 Å². The van der Waals surface area contributed by atoms with Gasteiger partial charge in [-0.2, -0.15) is 0 Å². The molecule has 0 aliphatic heterocycles. The molecule has 0 spiro atoms. The van der Waals surface area contributed by atoms with Crippen LogP contribution in [0.2, 0.25) is 0 Å². The average molecular weight is 285 g/mol. The third-order valence-corrected chi connectivity index (χ3v) is 2.43. The van der Waals surface area contributed by atoms with Crippen LogP contribution in [0.4, 0.5) is 14.5 Å². The Morgan fingerprint density at radius 1 is 1.25 bits per heavy atom. The highest BCUT2D eigenvalue weighted by molar-refractivity contribution is 5.94. The number of hydrogen-bond acceptors (Lipinski definition) is 3. The molecule has 0 fully saturated rings. The van der Waals surface area contributed by atoms with Crippen LogP contribution in [0.3, 0.4) is 0 Å². The van der Waals surface area contributed by atoms with Gasteiger partial charge in [-0.1, -0.05) is 0 Å². The van der Waals surface area contributed by atoms with Crippen LogP contribution >= 0.6 is 0 Å². The average Bonchev–Trinajstić information content (AvgIpc) is 2.34. The van der Waals surface area contributed by atoms with E-state index < -0.39 is 23.2 Å². The van der Waals surface area contributed by atoms with Gasteiger partial charge in [-0.05, 0) is 26.0 Å². The molecular weight excluding hydrogens is 268 g/mol. The molecule has 0 unspecified atom stereocenters. The van der Waals surface area contributed by atoms with Gasteiger partial charge >= 0.3 is 0 Å². The molecule has 0 heterocycles. The molecule has 0 radical (unpaired) electrons. The zero-order chi connectivity index (χ0) is 15.3. The quantitative estimate of drug-likeness (QED) is 0.711. The van der Waals surface area contributed by atoms with Crippen LogP contribution in [0.25, 0.3) is 0 Å². The van der Waals surface area contributed by atoms with E-state index in [-0.39, 0.29) is 30.5 Å². The van der Waals surface area contributed by atoms with Crippen LogP contribution < -0.4 is 16.4 Å². The molecule has 7 heteroatoms. The lowest BCUT2D eigenvalue weighted by atomic mass is 10.1. The molecule has 1 rings (SSSR count). The summed E-state index contributed by atoms with van der Waals surface area (Å²) in [7, 11) is 0. The molecule has 2 amide bonds. The Kier molecular flexibility index (Phi) is 5.42. The zero-order valence-corrected chi connectivity index (χ0v) is 11.3. The van der Waals surface area contributed by atoms with Gasteiger partial charge in [0.05, 0.1) is 0 Å². The fourth-order valence-corrected chi connectivity index (χ4v) is 1.50. The third-order valence-electron chi connectivity index (χ3n) is 2.43. The molecule has 5 nitrogen and oxygen atoms in total. The summed E-state index contributed by atoms with van der Waals surface area (Å²) in [6.07, 6.45) is 0.0872. The number of halogens is 2. The number of carbonyl (C=O) groups is 2. The zero-order valence-electron chi connectivity index (χ0n) is 11.3. The lowest BCUT2D eigenvalue weighted by molar-refractivity contribution is -0.121. The van der Waals surface area contributed by atoms with Crippen molar-refractivity contribution in [2.24, 2.45) is 0 Å². The monoisotopic (exact) mass is 285 g/mol.